The molecular weight excluding hydrogens is 997 g/mol. The van der Waals surface area contributed by atoms with E-state index in [0.29, 0.717) is 37.6 Å². The van der Waals surface area contributed by atoms with Gasteiger partial charge in [-0.15, -0.1) is 0 Å². The van der Waals surface area contributed by atoms with Gasteiger partial charge in [0.2, 0.25) is 0 Å². The maximum absolute atomic E-state index is 14.7. The molecule has 78 heavy (non-hydrogen) atoms. The quantitative estimate of drug-likeness (QED) is 0.130. The maximum atomic E-state index is 14.7. The zero-order valence-electron chi connectivity index (χ0n) is 45.2. The monoisotopic (exact) mass is 1060 g/mol. The third-order valence-corrected chi connectivity index (χ3v) is 16.0. The number of furan rings is 2. The van der Waals surface area contributed by atoms with E-state index in [9.17, 15) is 27.8 Å². The Bertz CT molecular complexity index is 3550. The molecule has 0 amide bonds. The summed E-state index contributed by atoms with van der Waals surface area (Å²) in [6.45, 7) is 17.2. The molecule has 2 N–H and O–H groups in total. The third kappa shape index (κ3) is 9.93. The fourth-order valence-electron chi connectivity index (χ4n) is 12.3. The summed E-state index contributed by atoms with van der Waals surface area (Å²) in [5.74, 6) is -0.683. The van der Waals surface area contributed by atoms with E-state index in [-0.39, 0.29) is 23.9 Å². The van der Waals surface area contributed by atoms with E-state index < -0.39 is 34.5 Å². The summed E-state index contributed by atoms with van der Waals surface area (Å²) in [6, 6.07) is 22.7. The molecule has 2 atom stereocenters. The number of pyridine rings is 2. The number of hydrogen-bond donors (Lipinski definition) is 2. The number of aliphatic hydroxyl groups is 2. The first-order valence-corrected chi connectivity index (χ1v) is 26.7. The van der Waals surface area contributed by atoms with Crippen molar-refractivity contribution >= 4 is 43.9 Å². The molecule has 12 rings (SSSR count). The largest absolute Gasteiger partial charge is 0.469 e. The lowest BCUT2D eigenvalue weighted by Crippen LogP contribution is -2.27. The van der Waals surface area contributed by atoms with Crippen LogP contribution in [0.1, 0.15) is 110 Å². The molecule has 2 aliphatic heterocycles. The Morgan fingerprint density at radius 3 is 1.18 bits per heavy atom. The number of aromatic nitrogens is 4. The summed E-state index contributed by atoms with van der Waals surface area (Å²) in [7, 11) is 0. The smallest absolute Gasteiger partial charge is 0.126 e. The van der Waals surface area contributed by atoms with Crippen molar-refractivity contribution in [2.24, 2.45) is 11.8 Å². The first-order chi connectivity index (χ1) is 37.2. The molecule has 4 aromatic carbocycles. The summed E-state index contributed by atoms with van der Waals surface area (Å²) in [6.07, 6.45) is 10.2. The number of fused-ring (bicyclic) bond motifs is 6. The van der Waals surface area contributed by atoms with Crippen LogP contribution in [-0.2, 0) is 20.7 Å². The van der Waals surface area contributed by atoms with Crippen LogP contribution in [0.4, 0.5) is 17.6 Å². The van der Waals surface area contributed by atoms with Gasteiger partial charge in [-0.3, -0.25) is 9.97 Å². The van der Waals surface area contributed by atoms with E-state index in [4.69, 9.17) is 28.3 Å². The number of aryl methyl sites for hydroxylation is 4. The van der Waals surface area contributed by atoms with E-state index in [1.165, 1.54) is 24.3 Å². The van der Waals surface area contributed by atoms with Crippen LogP contribution in [0.25, 0.3) is 66.1 Å². The summed E-state index contributed by atoms with van der Waals surface area (Å²) < 4.78 is 85.7. The highest BCUT2D eigenvalue weighted by molar-refractivity contribution is 6.08. The molecule has 0 radical (unpaired) electrons. The average molecular weight is 1060 g/mol. The van der Waals surface area contributed by atoms with Crippen LogP contribution in [0.2, 0.25) is 0 Å². The van der Waals surface area contributed by atoms with E-state index >= 15 is 0 Å². The van der Waals surface area contributed by atoms with Crippen molar-refractivity contribution in [1.29, 1.82) is 0 Å². The van der Waals surface area contributed by atoms with Crippen LogP contribution in [0.3, 0.4) is 0 Å². The molecular formula is C64H64F4N4O6. The van der Waals surface area contributed by atoms with Crippen LogP contribution in [-0.4, -0.2) is 55.7 Å². The molecule has 0 spiro atoms. The van der Waals surface area contributed by atoms with Gasteiger partial charge in [-0.25, -0.2) is 17.6 Å². The number of hydrogen-bond acceptors (Lipinski definition) is 8. The van der Waals surface area contributed by atoms with Crippen molar-refractivity contribution in [2.75, 3.05) is 26.4 Å². The van der Waals surface area contributed by atoms with Gasteiger partial charge >= 0.3 is 0 Å². The lowest BCUT2D eigenvalue weighted by atomic mass is 9.86. The average Bonchev–Trinajstić information content (AvgIpc) is 4.10. The van der Waals surface area contributed by atoms with Gasteiger partial charge in [0.15, 0.2) is 0 Å². The molecule has 2 aliphatic rings. The normalized spacial score (nSPS) is 15.9. The van der Waals surface area contributed by atoms with E-state index in [1.807, 2.05) is 76.5 Å². The van der Waals surface area contributed by atoms with Crippen molar-refractivity contribution < 1.29 is 46.1 Å². The molecule has 2 unspecified atom stereocenters. The maximum Gasteiger partial charge on any atom is 0.126 e. The Hall–Kier alpha value is -7.10. The Balaban J connectivity index is 0.000000165. The Morgan fingerprint density at radius 2 is 0.859 bits per heavy atom. The van der Waals surface area contributed by atoms with Gasteiger partial charge in [0.1, 0.15) is 34.8 Å². The minimum atomic E-state index is -1.07. The van der Waals surface area contributed by atoms with Crippen molar-refractivity contribution in [3.63, 3.8) is 0 Å². The molecule has 8 heterocycles. The predicted molar refractivity (Wildman–Crippen MR) is 295 cm³/mol. The minimum Gasteiger partial charge on any atom is -0.469 e. The second-order valence-corrected chi connectivity index (χ2v) is 22.4. The Morgan fingerprint density at radius 1 is 0.500 bits per heavy atom. The van der Waals surface area contributed by atoms with E-state index in [2.05, 4.69) is 21.3 Å². The standard InChI is InChI=1S/2C32H32F2N2O3/c2*1-18-17-39-19(2)29(18)22-13-28-30(35-16-22)26-6-5-23(32(3,4)37)14-27(26)36(28)31(20-7-9-38-10-8-20)21-11-24(33)15-25(34)12-21/h2*5-6,11-17,20,31,37H,7-10H2,1-4H3. The lowest BCUT2D eigenvalue weighted by Gasteiger charge is -2.33. The SMILES string of the molecule is Cc1coc(C)c1-c1cnc2c3ccc(C(C)(C)O)cc3n(C(c3cc(F)cc(F)c3)C3CCOCC3)c2c1.Cc1coc(C)c1-c1cnc2c3ccc(C(C)(C)O)cc3n(C(c3cc(F)cc(F)c3)C3CCOCC3)c2c1. The predicted octanol–water partition coefficient (Wildman–Crippen LogP) is 15.2. The van der Waals surface area contributed by atoms with E-state index in [1.54, 1.807) is 40.2 Å². The zero-order valence-corrected chi connectivity index (χ0v) is 45.2. The molecule has 0 bridgehead atoms. The van der Waals surface area contributed by atoms with Gasteiger partial charge in [0.05, 0.1) is 68.9 Å². The highest BCUT2D eigenvalue weighted by Gasteiger charge is 2.34. The first kappa shape index (κ1) is 52.9. The molecule has 10 nitrogen and oxygen atoms in total. The molecule has 0 aliphatic carbocycles. The number of rotatable bonds is 10. The second kappa shape index (κ2) is 20.6. The third-order valence-electron chi connectivity index (χ3n) is 16.0. The zero-order chi connectivity index (χ0) is 54.9. The van der Waals surface area contributed by atoms with Crippen LogP contribution >= 0.6 is 0 Å². The van der Waals surface area contributed by atoms with Crippen LogP contribution < -0.4 is 0 Å². The van der Waals surface area contributed by atoms with Gasteiger partial charge in [-0.1, -0.05) is 24.3 Å². The van der Waals surface area contributed by atoms with Crippen molar-refractivity contribution in [2.45, 2.75) is 104 Å². The molecule has 2 fully saturated rings. The number of ether oxygens (including phenoxy) is 2. The molecule has 2 saturated heterocycles. The summed E-state index contributed by atoms with van der Waals surface area (Å²) in [5.41, 5.74) is 11.3. The minimum absolute atomic E-state index is 0.0746. The molecule has 0 saturated carbocycles. The highest BCUT2D eigenvalue weighted by Crippen LogP contribution is 2.45. The fourth-order valence-corrected chi connectivity index (χ4v) is 12.3. The van der Waals surface area contributed by atoms with Gasteiger partial charge in [0, 0.05) is 84.0 Å². The molecule has 6 aromatic heterocycles. The van der Waals surface area contributed by atoms with Crippen LogP contribution in [0.15, 0.2) is 119 Å². The Kier molecular flexibility index (Phi) is 14.0. The molecule has 14 heteroatoms. The topological polar surface area (TPSA) is 121 Å². The van der Waals surface area contributed by atoms with Crippen LogP contribution in [0, 0.1) is 62.8 Å². The van der Waals surface area contributed by atoms with E-state index in [0.717, 1.165) is 138 Å². The Labute approximate surface area is 450 Å². The van der Waals surface area contributed by atoms with Gasteiger partial charge in [0.25, 0.3) is 0 Å². The highest BCUT2D eigenvalue weighted by atomic mass is 19.1. The summed E-state index contributed by atoms with van der Waals surface area (Å²) in [5, 5.41) is 23.6. The lowest BCUT2D eigenvalue weighted by molar-refractivity contribution is 0.0551. The van der Waals surface area contributed by atoms with Crippen molar-refractivity contribution in [1.82, 2.24) is 19.1 Å². The summed E-state index contributed by atoms with van der Waals surface area (Å²) in [4.78, 5) is 9.84. The van der Waals surface area contributed by atoms with Gasteiger partial charge < -0.3 is 37.7 Å². The number of halogens is 4. The second-order valence-electron chi connectivity index (χ2n) is 22.4. The van der Waals surface area contributed by atoms with Gasteiger partial charge in [-0.05, 0) is 175 Å². The van der Waals surface area contributed by atoms with Gasteiger partial charge in [-0.2, -0.15) is 0 Å². The molecule has 404 valence electrons. The van der Waals surface area contributed by atoms with Crippen LogP contribution in [0.5, 0.6) is 0 Å². The fraction of sp³-hybridized carbons (Fsp3) is 0.344. The summed E-state index contributed by atoms with van der Waals surface area (Å²) >= 11 is 0. The number of benzene rings is 4. The van der Waals surface area contributed by atoms with Crippen molar-refractivity contribution in [3.05, 3.63) is 178 Å². The first-order valence-electron chi connectivity index (χ1n) is 26.7. The number of nitrogens with zero attached hydrogens (tertiary/aromatic N) is 4. The van der Waals surface area contributed by atoms with Crippen molar-refractivity contribution in [3.8, 4) is 22.3 Å². The molecule has 10 aromatic rings.